The van der Waals surface area contributed by atoms with Crippen LogP contribution in [-0.2, 0) is 0 Å². The lowest BCUT2D eigenvalue weighted by Crippen LogP contribution is -2.34. The zero-order valence-corrected chi connectivity index (χ0v) is 15.0. The van der Waals surface area contributed by atoms with Crippen molar-refractivity contribution in [1.29, 1.82) is 0 Å². The summed E-state index contributed by atoms with van der Waals surface area (Å²) in [6, 6.07) is 18.6. The van der Waals surface area contributed by atoms with Crippen LogP contribution in [0.2, 0.25) is 0 Å². The first-order chi connectivity index (χ1) is 13.6. The molecule has 1 aromatic heterocycles. The Morgan fingerprint density at radius 2 is 1.39 bits per heavy atom. The number of nitrogens with one attached hydrogen (secondary N) is 3. The maximum Gasteiger partial charge on any atom is 0.291 e. The lowest BCUT2D eigenvalue weighted by molar-refractivity contribution is 0.0927. The summed E-state index contributed by atoms with van der Waals surface area (Å²) in [4.78, 5) is 36.2. The van der Waals surface area contributed by atoms with Crippen LogP contribution in [0.5, 0.6) is 0 Å². The van der Waals surface area contributed by atoms with Gasteiger partial charge in [-0.2, -0.15) is 0 Å². The second-order valence-corrected chi connectivity index (χ2v) is 5.89. The van der Waals surface area contributed by atoms with Gasteiger partial charge in [0.15, 0.2) is 5.76 Å². The summed E-state index contributed by atoms with van der Waals surface area (Å²) in [5.74, 6) is -0.712. The Bertz CT molecular complexity index is 953. The van der Waals surface area contributed by atoms with Gasteiger partial charge in [0.05, 0.1) is 6.26 Å². The number of amides is 3. The molecule has 0 bridgehead atoms. The molecule has 28 heavy (non-hydrogen) atoms. The summed E-state index contributed by atoms with van der Waals surface area (Å²) in [7, 11) is 0. The van der Waals surface area contributed by atoms with Crippen molar-refractivity contribution in [1.82, 2.24) is 10.6 Å². The summed E-state index contributed by atoms with van der Waals surface area (Å²) < 4.78 is 5.04. The highest BCUT2D eigenvalue weighted by Crippen LogP contribution is 2.12. The molecule has 0 aliphatic rings. The molecule has 0 fully saturated rings. The van der Waals surface area contributed by atoms with Crippen molar-refractivity contribution in [3.63, 3.8) is 0 Å². The molecule has 0 aliphatic carbocycles. The molecule has 3 amide bonds. The van der Waals surface area contributed by atoms with Crippen molar-refractivity contribution in [3.8, 4) is 0 Å². The van der Waals surface area contributed by atoms with Crippen LogP contribution in [0.25, 0.3) is 0 Å². The second-order valence-electron chi connectivity index (χ2n) is 5.89. The van der Waals surface area contributed by atoms with Gasteiger partial charge < -0.3 is 20.4 Å². The van der Waals surface area contributed by atoms with Gasteiger partial charge in [0, 0.05) is 29.9 Å². The van der Waals surface area contributed by atoms with Gasteiger partial charge in [-0.15, -0.1) is 0 Å². The lowest BCUT2D eigenvalue weighted by Gasteiger charge is -2.09. The Morgan fingerprint density at radius 3 is 2.07 bits per heavy atom. The highest BCUT2D eigenvalue weighted by atomic mass is 16.3. The highest BCUT2D eigenvalue weighted by Gasteiger charge is 2.11. The fraction of sp³-hybridized carbons (Fsp3) is 0.0952. The molecule has 0 aliphatic heterocycles. The molecule has 3 rings (SSSR count). The van der Waals surface area contributed by atoms with Crippen molar-refractivity contribution >= 4 is 23.4 Å². The van der Waals surface area contributed by atoms with Crippen LogP contribution in [-0.4, -0.2) is 30.8 Å². The van der Waals surface area contributed by atoms with Crippen molar-refractivity contribution in [2.24, 2.45) is 0 Å². The first-order valence-corrected chi connectivity index (χ1v) is 8.70. The molecule has 2 aromatic carbocycles. The first kappa shape index (κ1) is 18.9. The van der Waals surface area contributed by atoms with Crippen LogP contribution in [0.3, 0.4) is 0 Å². The number of benzene rings is 2. The van der Waals surface area contributed by atoms with E-state index < -0.39 is 5.91 Å². The van der Waals surface area contributed by atoms with E-state index in [2.05, 4.69) is 16.0 Å². The smallest absolute Gasteiger partial charge is 0.291 e. The predicted octanol–water partition coefficient (Wildman–Crippen LogP) is 2.69. The van der Waals surface area contributed by atoms with E-state index in [0.29, 0.717) is 23.4 Å². The Morgan fingerprint density at radius 1 is 0.714 bits per heavy atom. The van der Waals surface area contributed by atoms with Gasteiger partial charge in [-0.25, -0.2) is 0 Å². The van der Waals surface area contributed by atoms with Crippen molar-refractivity contribution in [2.45, 2.75) is 0 Å². The normalized spacial score (nSPS) is 10.1. The van der Waals surface area contributed by atoms with Gasteiger partial charge in [0.2, 0.25) is 0 Å². The number of rotatable bonds is 7. The minimum absolute atomic E-state index is 0.184. The molecule has 0 atom stereocenters. The van der Waals surface area contributed by atoms with E-state index in [1.165, 1.54) is 6.26 Å². The maximum atomic E-state index is 12.3. The van der Waals surface area contributed by atoms with Gasteiger partial charge in [0.1, 0.15) is 0 Å². The van der Waals surface area contributed by atoms with Crippen LogP contribution in [0.1, 0.15) is 31.3 Å². The molecule has 1 heterocycles. The summed E-state index contributed by atoms with van der Waals surface area (Å²) in [6.07, 6.45) is 1.41. The van der Waals surface area contributed by atoms with Gasteiger partial charge in [-0.1, -0.05) is 24.3 Å². The topological polar surface area (TPSA) is 100 Å². The molecule has 3 N–H and O–H groups in total. The van der Waals surface area contributed by atoms with E-state index in [-0.39, 0.29) is 24.1 Å². The third-order valence-electron chi connectivity index (χ3n) is 3.86. The van der Waals surface area contributed by atoms with Crippen LogP contribution < -0.4 is 16.0 Å². The SMILES string of the molecule is O=C(NCCNC(=O)c1cccc(NC(=O)c2ccco2)c1)c1ccccc1. The van der Waals surface area contributed by atoms with Gasteiger partial charge in [-0.3, -0.25) is 14.4 Å². The molecule has 3 aromatic rings. The van der Waals surface area contributed by atoms with E-state index >= 15 is 0 Å². The van der Waals surface area contributed by atoms with Crippen molar-refractivity contribution < 1.29 is 18.8 Å². The number of hydrogen-bond acceptors (Lipinski definition) is 4. The summed E-state index contributed by atoms with van der Waals surface area (Å²) in [5.41, 5.74) is 1.44. The van der Waals surface area contributed by atoms with E-state index in [9.17, 15) is 14.4 Å². The zero-order valence-electron chi connectivity index (χ0n) is 15.0. The molecule has 0 saturated carbocycles. The number of anilines is 1. The van der Waals surface area contributed by atoms with Crippen molar-refractivity contribution in [2.75, 3.05) is 18.4 Å². The second kappa shape index (κ2) is 9.18. The minimum atomic E-state index is -0.397. The van der Waals surface area contributed by atoms with E-state index in [0.717, 1.165) is 0 Å². The molecule has 0 radical (unpaired) electrons. The molecule has 0 spiro atoms. The third-order valence-corrected chi connectivity index (χ3v) is 3.86. The average Bonchev–Trinajstić information content (AvgIpc) is 3.27. The monoisotopic (exact) mass is 377 g/mol. The standard InChI is InChI=1S/C21H19N3O4/c25-19(15-6-2-1-3-7-15)22-11-12-23-20(26)16-8-4-9-17(14-16)24-21(27)18-10-5-13-28-18/h1-10,13-14H,11-12H2,(H,22,25)(H,23,26)(H,24,27). The predicted molar refractivity (Wildman–Crippen MR) is 104 cm³/mol. The fourth-order valence-corrected chi connectivity index (χ4v) is 2.48. The highest BCUT2D eigenvalue weighted by molar-refractivity contribution is 6.03. The minimum Gasteiger partial charge on any atom is -0.459 e. The molecule has 7 heteroatoms. The largest absolute Gasteiger partial charge is 0.459 e. The molecule has 142 valence electrons. The summed E-state index contributed by atoms with van der Waals surface area (Å²) in [5, 5.41) is 8.14. The molecular formula is C21H19N3O4. The quantitative estimate of drug-likeness (QED) is 0.551. The fourth-order valence-electron chi connectivity index (χ4n) is 2.48. The van der Waals surface area contributed by atoms with E-state index in [1.54, 1.807) is 60.7 Å². The average molecular weight is 377 g/mol. The van der Waals surface area contributed by atoms with Crippen LogP contribution in [0, 0.1) is 0 Å². The maximum absolute atomic E-state index is 12.3. The Labute approximate surface area is 161 Å². The van der Waals surface area contributed by atoms with Crippen molar-refractivity contribution in [3.05, 3.63) is 89.9 Å². The van der Waals surface area contributed by atoms with Crippen LogP contribution in [0.15, 0.2) is 77.4 Å². The lowest BCUT2D eigenvalue weighted by atomic mass is 10.2. The number of hydrogen-bond donors (Lipinski definition) is 3. The first-order valence-electron chi connectivity index (χ1n) is 8.70. The molecule has 0 saturated heterocycles. The van der Waals surface area contributed by atoms with E-state index in [1.807, 2.05) is 6.07 Å². The Kier molecular flexibility index (Phi) is 6.20. The summed E-state index contributed by atoms with van der Waals surface area (Å²) >= 11 is 0. The van der Waals surface area contributed by atoms with Gasteiger partial charge in [0.25, 0.3) is 17.7 Å². The number of carbonyl (C=O) groups excluding carboxylic acids is 3. The van der Waals surface area contributed by atoms with Crippen LogP contribution in [0.4, 0.5) is 5.69 Å². The Balaban J connectivity index is 1.48. The van der Waals surface area contributed by atoms with Gasteiger partial charge >= 0.3 is 0 Å². The Hall–Kier alpha value is -3.87. The number of carbonyl (C=O) groups is 3. The third kappa shape index (κ3) is 5.07. The molecule has 7 nitrogen and oxygen atoms in total. The number of furan rings is 1. The zero-order chi connectivity index (χ0) is 19.8. The van der Waals surface area contributed by atoms with E-state index in [4.69, 9.17) is 4.42 Å². The molecule has 0 unspecified atom stereocenters. The molecular weight excluding hydrogens is 358 g/mol. The van der Waals surface area contributed by atoms with Gasteiger partial charge in [-0.05, 0) is 42.5 Å². The summed E-state index contributed by atoms with van der Waals surface area (Å²) in [6.45, 7) is 0.578. The van der Waals surface area contributed by atoms with Crippen LogP contribution >= 0.6 is 0 Å².